The Morgan fingerprint density at radius 2 is 1.87 bits per heavy atom. The Labute approximate surface area is 178 Å². The molecule has 1 saturated carbocycles. The number of carbonyl (C=O) groups is 2. The molecule has 0 saturated heterocycles. The number of aliphatic hydroxyl groups is 1. The lowest BCUT2D eigenvalue weighted by Gasteiger charge is -2.31. The second kappa shape index (κ2) is 8.53. The Balaban J connectivity index is 2.00. The van der Waals surface area contributed by atoms with E-state index in [-0.39, 0.29) is 0 Å². The molecule has 1 aromatic rings. The van der Waals surface area contributed by atoms with Crippen LogP contribution in [0.15, 0.2) is 35.5 Å². The van der Waals surface area contributed by atoms with Crippen LogP contribution in [0.3, 0.4) is 0 Å². The van der Waals surface area contributed by atoms with Crippen LogP contribution in [0.4, 0.5) is 4.79 Å². The van der Waals surface area contributed by atoms with Crippen LogP contribution in [0, 0.1) is 11.8 Å². The Morgan fingerprint density at radius 1 is 1.20 bits per heavy atom. The predicted molar refractivity (Wildman–Crippen MR) is 114 cm³/mol. The van der Waals surface area contributed by atoms with Crippen molar-refractivity contribution in [3.05, 3.63) is 46.7 Å². The predicted octanol–water partition coefficient (Wildman–Crippen LogP) is 3.70. The first-order valence-corrected chi connectivity index (χ1v) is 10.4. The Hall–Kier alpha value is -2.78. The topological polar surface area (TPSA) is 87.7 Å². The van der Waals surface area contributed by atoms with E-state index in [0.717, 1.165) is 19.3 Å². The Bertz CT molecular complexity index is 925. The van der Waals surface area contributed by atoms with E-state index in [9.17, 15) is 14.7 Å². The number of carbonyl (C=O) groups excluding carboxylic acids is 2. The van der Waals surface area contributed by atoms with Crippen LogP contribution in [-0.4, -0.2) is 28.3 Å². The second-order valence-corrected chi connectivity index (χ2v) is 9.00. The minimum absolute atomic E-state index is 0.343. The number of urea groups is 1. The molecule has 1 aliphatic heterocycles. The van der Waals surface area contributed by atoms with Crippen LogP contribution in [0.2, 0.25) is 0 Å². The zero-order chi connectivity index (χ0) is 21.9. The first kappa shape index (κ1) is 21.9. The number of nitrogens with one attached hydrogen (secondary N) is 2. The summed E-state index contributed by atoms with van der Waals surface area (Å²) in [7, 11) is 0. The molecule has 1 fully saturated rings. The third-order valence-electron chi connectivity index (χ3n) is 5.27. The van der Waals surface area contributed by atoms with E-state index in [4.69, 9.17) is 4.74 Å². The van der Waals surface area contributed by atoms with Gasteiger partial charge in [-0.05, 0) is 65.0 Å². The number of hydrogen-bond donors (Lipinski definition) is 3. The highest BCUT2D eigenvalue weighted by Gasteiger charge is 2.35. The SMILES string of the molecule is CC1=C(C(=O)OC(C)(C)C)C(c2ccccc2C#CC2(O)CCCCC2)NC(=O)N1. The van der Waals surface area contributed by atoms with Crippen LogP contribution in [0.5, 0.6) is 0 Å². The average Bonchev–Trinajstić information content (AvgIpc) is 2.65. The number of hydrogen-bond acceptors (Lipinski definition) is 4. The average molecular weight is 411 g/mol. The lowest BCUT2D eigenvalue weighted by Crippen LogP contribution is -2.46. The fourth-order valence-corrected chi connectivity index (χ4v) is 3.84. The van der Waals surface area contributed by atoms with Gasteiger partial charge in [-0.3, -0.25) is 0 Å². The third kappa shape index (κ3) is 5.22. The molecule has 0 aromatic heterocycles. The molecule has 2 amide bonds. The lowest BCUT2D eigenvalue weighted by molar-refractivity contribution is -0.150. The van der Waals surface area contributed by atoms with Gasteiger partial charge in [-0.25, -0.2) is 9.59 Å². The van der Waals surface area contributed by atoms with Gasteiger partial charge in [0.15, 0.2) is 0 Å². The van der Waals surface area contributed by atoms with Gasteiger partial charge in [-0.1, -0.05) is 36.5 Å². The first-order valence-electron chi connectivity index (χ1n) is 10.4. The molecule has 3 rings (SSSR count). The third-order valence-corrected chi connectivity index (χ3v) is 5.27. The van der Waals surface area contributed by atoms with Crippen molar-refractivity contribution < 1.29 is 19.4 Å². The van der Waals surface area contributed by atoms with E-state index in [1.807, 2.05) is 24.3 Å². The molecule has 3 N–H and O–H groups in total. The van der Waals surface area contributed by atoms with Crippen molar-refractivity contribution in [1.29, 1.82) is 0 Å². The highest BCUT2D eigenvalue weighted by molar-refractivity contribution is 5.95. The minimum atomic E-state index is -0.984. The van der Waals surface area contributed by atoms with Gasteiger partial charge in [0.1, 0.15) is 11.2 Å². The summed E-state index contributed by atoms with van der Waals surface area (Å²) in [6.07, 6.45) is 4.36. The molecule has 1 heterocycles. The summed E-state index contributed by atoms with van der Waals surface area (Å²) in [4.78, 5) is 25.1. The molecule has 0 spiro atoms. The van der Waals surface area contributed by atoms with E-state index in [1.165, 1.54) is 0 Å². The van der Waals surface area contributed by atoms with Crippen molar-refractivity contribution in [2.24, 2.45) is 0 Å². The molecule has 6 nitrogen and oxygen atoms in total. The van der Waals surface area contributed by atoms with E-state index in [1.54, 1.807) is 27.7 Å². The summed E-state index contributed by atoms with van der Waals surface area (Å²) >= 11 is 0. The zero-order valence-electron chi connectivity index (χ0n) is 18.1. The smallest absolute Gasteiger partial charge is 0.338 e. The number of benzene rings is 1. The molecule has 0 bridgehead atoms. The molecule has 1 aliphatic carbocycles. The van der Waals surface area contributed by atoms with Gasteiger partial charge in [0, 0.05) is 11.3 Å². The van der Waals surface area contributed by atoms with Gasteiger partial charge in [0.25, 0.3) is 0 Å². The maximum Gasteiger partial charge on any atom is 0.338 e. The van der Waals surface area contributed by atoms with Crippen molar-refractivity contribution in [3.63, 3.8) is 0 Å². The van der Waals surface area contributed by atoms with Gasteiger partial charge in [-0.15, -0.1) is 0 Å². The zero-order valence-corrected chi connectivity index (χ0v) is 18.1. The van der Waals surface area contributed by atoms with E-state index >= 15 is 0 Å². The fourth-order valence-electron chi connectivity index (χ4n) is 3.84. The van der Waals surface area contributed by atoms with Gasteiger partial charge >= 0.3 is 12.0 Å². The maximum atomic E-state index is 12.9. The monoisotopic (exact) mass is 410 g/mol. The van der Waals surface area contributed by atoms with Gasteiger partial charge < -0.3 is 20.5 Å². The number of rotatable bonds is 2. The Kier molecular flexibility index (Phi) is 6.23. The molecule has 160 valence electrons. The molecule has 30 heavy (non-hydrogen) atoms. The van der Waals surface area contributed by atoms with Crippen LogP contribution in [0.25, 0.3) is 0 Å². The molecular formula is C24H30N2O4. The summed E-state index contributed by atoms with van der Waals surface area (Å²) in [5.74, 6) is 5.66. The molecule has 1 atom stereocenters. The molecule has 6 heteroatoms. The largest absolute Gasteiger partial charge is 0.456 e. The molecule has 0 radical (unpaired) electrons. The first-order chi connectivity index (χ1) is 14.1. The summed E-state index contributed by atoms with van der Waals surface area (Å²) in [6, 6.07) is 6.28. The Morgan fingerprint density at radius 3 is 2.53 bits per heavy atom. The van der Waals surface area contributed by atoms with Crippen LogP contribution >= 0.6 is 0 Å². The second-order valence-electron chi connectivity index (χ2n) is 9.00. The van der Waals surface area contributed by atoms with E-state index in [2.05, 4.69) is 22.5 Å². The molecule has 1 unspecified atom stereocenters. The van der Waals surface area contributed by atoms with Gasteiger partial charge in [0.2, 0.25) is 0 Å². The van der Waals surface area contributed by atoms with Gasteiger partial charge in [0.05, 0.1) is 11.6 Å². The minimum Gasteiger partial charge on any atom is -0.456 e. The number of allylic oxidation sites excluding steroid dienone is 1. The summed E-state index contributed by atoms with van der Waals surface area (Å²) in [5, 5.41) is 16.2. The summed E-state index contributed by atoms with van der Waals surface area (Å²) in [6.45, 7) is 7.09. The summed E-state index contributed by atoms with van der Waals surface area (Å²) in [5.41, 5.74) is 0.501. The van der Waals surface area contributed by atoms with Crippen LogP contribution in [-0.2, 0) is 9.53 Å². The molecular weight excluding hydrogens is 380 g/mol. The van der Waals surface area contributed by atoms with Gasteiger partial charge in [-0.2, -0.15) is 0 Å². The molecule has 2 aliphatic rings. The van der Waals surface area contributed by atoms with Crippen molar-refractivity contribution in [3.8, 4) is 11.8 Å². The van der Waals surface area contributed by atoms with E-state index in [0.29, 0.717) is 35.2 Å². The molecule has 1 aromatic carbocycles. The van der Waals surface area contributed by atoms with Crippen molar-refractivity contribution in [2.45, 2.75) is 77.0 Å². The van der Waals surface area contributed by atoms with Crippen molar-refractivity contribution in [1.82, 2.24) is 10.6 Å². The lowest BCUT2D eigenvalue weighted by atomic mass is 9.85. The van der Waals surface area contributed by atoms with Crippen molar-refractivity contribution >= 4 is 12.0 Å². The number of esters is 1. The number of ether oxygens (including phenoxy) is 1. The van der Waals surface area contributed by atoms with Crippen LogP contribution < -0.4 is 10.6 Å². The summed E-state index contributed by atoms with van der Waals surface area (Å²) < 4.78 is 5.58. The fraction of sp³-hybridized carbons (Fsp3) is 0.500. The van der Waals surface area contributed by atoms with Crippen LogP contribution in [0.1, 0.15) is 77.0 Å². The number of amides is 2. The van der Waals surface area contributed by atoms with E-state index < -0.39 is 29.2 Å². The highest BCUT2D eigenvalue weighted by atomic mass is 16.6. The standard InChI is InChI=1S/C24H30N2O4/c1-16-19(21(27)30-23(2,3)4)20(26-22(28)25-16)18-11-7-6-10-17(18)12-15-24(29)13-8-5-9-14-24/h6-7,10-11,20,29H,5,8-9,13-14H2,1-4H3,(H2,25,26,28). The van der Waals surface area contributed by atoms with Crippen molar-refractivity contribution in [2.75, 3.05) is 0 Å². The quantitative estimate of drug-likeness (QED) is 0.512. The normalized spacial score (nSPS) is 21.1. The highest BCUT2D eigenvalue weighted by Crippen LogP contribution is 2.31. The maximum absolute atomic E-state index is 12.9.